The summed E-state index contributed by atoms with van der Waals surface area (Å²) in [6, 6.07) is 0.766. The van der Waals surface area contributed by atoms with Crippen LogP contribution in [-0.4, -0.2) is 30.1 Å². The van der Waals surface area contributed by atoms with Crippen LogP contribution in [0.25, 0.3) is 0 Å². The molecule has 0 aromatic rings. The molecule has 15 heavy (non-hydrogen) atoms. The minimum absolute atomic E-state index is 0.175. The lowest BCUT2D eigenvalue weighted by Gasteiger charge is -2.41. The van der Waals surface area contributed by atoms with Crippen LogP contribution in [0, 0.1) is 0 Å². The first kappa shape index (κ1) is 11.4. The van der Waals surface area contributed by atoms with E-state index in [1.807, 2.05) is 0 Å². The highest BCUT2D eigenvalue weighted by molar-refractivity contribution is 4.92. The highest BCUT2D eigenvalue weighted by Gasteiger charge is 2.32. The van der Waals surface area contributed by atoms with Crippen LogP contribution in [0.3, 0.4) is 0 Å². The van der Waals surface area contributed by atoms with Gasteiger partial charge in [-0.1, -0.05) is 25.7 Å². The highest BCUT2D eigenvalue weighted by Crippen LogP contribution is 2.32. The van der Waals surface area contributed by atoms with Crippen molar-refractivity contribution in [1.29, 1.82) is 0 Å². The Hall–Kier alpha value is -0.0800. The van der Waals surface area contributed by atoms with E-state index in [9.17, 15) is 0 Å². The largest absolute Gasteiger partial charge is 0.325 e. The van der Waals surface area contributed by atoms with E-state index in [2.05, 4.69) is 11.9 Å². The summed E-state index contributed by atoms with van der Waals surface area (Å²) in [5.74, 6) is 0. The summed E-state index contributed by atoms with van der Waals surface area (Å²) in [4.78, 5) is 2.53. The van der Waals surface area contributed by atoms with Crippen LogP contribution in [0.15, 0.2) is 0 Å². The number of nitrogens with zero attached hydrogens (tertiary/aromatic N) is 1. The topological polar surface area (TPSA) is 29.3 Å². The Morgan fingerprint density at radius 2 is 1.87 bits per heavy atom. The smallest absolute Gasteiger partial charge is 0.0169 e. The van der Waals surface area contributed by atoms with E-state index in [1.54, 1.807) is 0 Å². The van der Waals surface area contributed by atoms with Crippen molar-refractivity contribution in [2.75, 3.05) is 13.6 Å². The second-order valence-electron chi connectivity index (χ2n) is 5.76. The molecule has 0 bridgehead atoms. The molecule has 1 saturated heterocycles. The van der Waals surface area contributed by atoms with Gasteiger partial charge in [0.15, 0.2) is 0 Å². The highest BCUT2D eigenvalue weighted by atomic mass is 15.1. The van der Waals surface area contributed by atoms with Crippen LogP contribution in [0.4, 0.5) is 0 Å². The van der Waals surface area contributed by atoms with Gasteiger partial charge in [0, 0.05) is 11.6 Å². The Bertz CT molecular complexity index is 197. The monoisotopic (exact) mass is 210 g/mol. The molecule has 2 nitrogen and oxygen atoms in total. The summed E-state index contributed by atoms with van der Waals surface area (Å²) in [5.41, 5.74) is 6.70. The van der Waals surface area contributed by atoms with Gasteiger partial charge in [0.2, 0.25) is 0 Å². The predicted molar refractivity (Wildman–Crippen MR) is 64.9 cm³/mol. The summed E-state index contributed by atoms with van der Waals surface area (Å²) >= 11 is 0. The van der Waals surface area contributed by atoms with Gasteiger partial charge < -0.3 is 10.6 Å². The molecule has 0 aromatic heterocycles. The van der Waals surface area contributed by atoms with Gasteiger partial charge in [0.05, 0.1) is 0 Å². The molecule has 88 valence electrons. The van der Waals surface area contributed by atoms with Gasteiger partial charge in [-0.2, -0.15) is 0 Å². The lowest BCUT2D eigenvalue weighted by molar-refractivity contribution is 0.131. The lowest BCUT2D eigenvalue weighted by Crippen LogP contribution is -2.49. The zero-order valence-corrected chi connectivity index (χ0v) is 10.2. The zero-order valence-electron chi connectivity index (χ0n) is 10.2. The molecule has 1 heterocycles. The van der Waals surface area contributed by atoms with Gasteiger partial charge in [0.25, 0.3) is 0 Å². The van der Waals surface area contributed by atoms with Crippen molar-refractivity contribution in [3.8, 4) is 0 Å². The summed E-state index contributed by atoms with van der Waals surface area (Å²) in [7, 11) is 2.27. The average molecular weight is 210 g/mol. The number of rotatable bonds is 2. The maximum absolute atomic E-state index is 6.53. The second kappa shape index (κ2) is 4.84. The molecule has 0 aromatic carbocycles. The molecule has 1 aliphatic heterocycles. The van der Waals surface area contributed by atoms with Gasteiger partial charge in [-0.15, -0.1) is 0 Å². The SMILES string of the molecule is CN1CCCCC1CC1(N)CCCCC1. The first-order valence-electron chi connectivity index (χ1n) is 6.69. The van der Waals surface area contributed by atoms with E-state index in [1.165, 1.54) is 64.3 Å². The van der Waals surface area contributed by atoms with E-state index in [0.29, 0.717) is 0 Å². The molecule has 1 atom stereocenters. The van der Waals surface area contributed by atoms with Gasteiger partial charge in [-0.05, 0) is 45.7 Å². The Balaban J connectivity index is 1.88. The quantitative estimate of drug-likeness (QED) is 0.759. The third-order valence-electron chi connectivity index (χ3n) is 4.41. The van der Waals surface area contributed by atoms with Crippen LogP contribution in [0.5, 0.6) is 0 Å². The normalized spacial score (nSPS) is 32.8. The Morgan fingerprint density at radius 1 is 1.13 bits per heavy atom. The molecule has 2 heteroatoms. The van der Waals surface area contributed by atoms with Gasteiger partial charge in [-0.25, -0.2) is 0 Å². The standard InChI is InChI=1S/C13H26N2/c1-15-10-6-3-7-12(15)11-13(14)8-4-2-5-9-13/h12H,2-11,14H2,1H3. The van der Waals surface area contributed by atoms with Crippen molar-refractivity contribution in [1.82, 2.24) is 4.90 Å². The molecular formula is C13H26N2. The maximum Gasteiger partial charge on any atom is 0.0169 e. The summed E-state index contributed by atoms with van der Waals surface area (Å²) in [6.45, 7) is 1.28. The van der Waals surface area contributed by atoms with Crippen molar-refractivity contribution in [2.45, 2.75) is 69.4 Å². The third-order valence-corrected chi connectivity index (χ3v) is 4.41. The second-order valence-corrected chi connectivity index (χ2v) is 5.76. The fraction of sp³-hybridized carbons (Fsp3) is 1.00. The molecular weight excluding hydrogens is 184 g/mol. The van der Waals surface area contributed by atoms with Crippen LogP contribution >= 0.6 is 0 Å². The molecule has 2 aliphatic rings. The van der Waals surface area contributed by atoms with Crippen LogP contribution in [-0.2, 0) is 0 Å². The van der Waals surface area contributed by atoms with Crippen molar-refractivity contribution in [3.63, 3.8) is 0 Å². The van der Waals surface area contributed by atoms with Gasteiger partial charge >= 0.3 is 0 Å². The maximum atomic E-state index is 6.53. The molecule has 2 rings (SSSR count). The first-order valence-corrected chi connectivity index (χ1v) is 6.69. The van der Waals surface area contributed by atoms with E-state index in [4.69, 9.17) is 5.73 Å². The Labute approximate surface area is 94.2 Å². The lowest BCUT2D eigenvalue weighted by atomic mass is 9.77. The summed E-state index contributed by atoms with van der Waals surface area (Å²) in [5, 5.41) is 0. The van der Waals surface area contributed by atoms with Crippen molar-refractivity contribution < 1.29 is 0 Å². The number of piperidine rings is 1. The molecule has 1 aliphatic carbocycles. The molecule has 2 fully saturated rings. The number of nitrogens with two attached hydrogens (primary N) is 1. The van der Waals surface area contributed by atoms with Crippen molar-refractivity contribution in [2.24, 2.45) is 5.73 Å². The average Bonchev–Trinajstić information content (AvgIpc) is 2.22. The minimum atomic E-state index is 0.175. The number of hydrogen-bond acceptors (Lipinski definition) is 2. The molecule has 0 spiro atoms. The van der Waals surface area contributed by atoms with Crippen LogP contribution < -0.4 is 5.73 Å². The molecule has 1 saturated carbocycles. The van der Waals surface area contributed by atoms with Gasteiger partial charge in [-0.3, -0.25) is 0 Å². The molecule has 1 unspecified atom stereocenters. The van der Waals surface area contributed by atoms with Crippen LogP contribution in [0.2, 0.25) is 0 Å². The van der Waals surface area contributed by atoms with E-state index in [-0.39, 0.29) is 5.54 Å². The molecule has 0 radical (unpaired) electrons. The first-order chi connectivity index (χ1) is 7.20. The van der Waals surface area contributed by atoms with E-state index < -0.39 is 0 Å². The Morgan fingerprint density at radius 3 is 2.53 bits per heavy atom. The minimum Gasteiger partial charge on any atom is -0.325 e. The Kier molecular flexibility index (Phi) is 3.68. The van der Waals surface area contributed by atoms with Gasteiger partial charge in [0.1, 0.15) is 0 Å². The molecule has 0 amide bonds. The third kappa shape index (κ3) is 2.94. The fourth-order valence-corrected chi connectivity index (χ4v) is 3.33. The fourth-order valence-electron chi connectivity index (χ4n) is 3.33. The summed E-state index contributed by atoms with van der Waals surface area (Å²) < 4.78 is 0. The van der Waals surface area contributed by atoms with Crippen molar-refractivity contribution in [3.05, 3.63) is 0 Å². The van der Waals surface area contributed by atoms with E-state index >= 15 is 0 Å². The van der Waals surface area contributed by atoms with Crippen molar-refractivity contribution >= 4 is 0 Å². The number of hydrogen-bond donors (Lipinski definition) is 1. The molecule has 2 N–H and O–H groups in total. The van der Waals surface area contributed by atoms with Crippen LogP contribution in [0.1, 0.15) is 57.8 Å². The zero-order chi connectivity index (χ0) is 10.7. The number of likely N-dealkylation sites (tertiary alicyclic amines) is 1. The van der Waals surface area contributed by atoms with E-state index in [0.717, 1.165) is 6.04 Å². The summed E-state index contributed by atoms with van der Waals surface area (Å²) in [6.07, 6.45) is 12.0. The predicted octanol–water partition coefficient (Wildman–Crippen LogP) is 2.52.